The maximum absolute atomic E-state index is 11.8. The summed E-state index contributed by atoms with van der Waals surface area (Å²) in [5.74, 6) is -1.05. The van der Waals surface area contributed by atoms with E-state index in [-0.39, 0.29) is 28.3 Å². The molecule has 5 nitrogen and oxygen atoms in total. The van der Waals surface area contributed by atoms with Crippen LogP contribution >= 0.6 is 0 Å². The minimum atomic E-state index is -1.17. The first kappa shape index (κ1) is 12.8. The Morgan fingerprint density at radius 2 is 2.12 bits per heavy atom. The van der Waals surface area contributed by atoms with E-state index >= 15 is 0 Å². The average molecular weight is 238 g/mol. The van der Waals surface area contributed by atoms with Gasteiger partial charge in [0.15, 0.2) is 0 Å². The van der Waals surface area contributed by atoms with Gasteiger partial charge in [0, 0.05) is 15.8 Å². The van der Waals surface area contributed by atoms with Gasteiger partial charge in [0.25, 0.3) is 0 Å². The average Bonchev–Trinajstić information content (AvgIpc) is 2.30. The Hall–Kier alpha value is -2.24. The van der Waals surface area contributed by atoms with Crippen molar-refractivity contribution < 1.29 is 19.0 Å². The van der Waals surface area contributed by atoms with Crippen molar-refractivity contribution >= 4 is 17.4 Å². The Labute approximate surface area is 97.1 Å². The van der Waals surface area contributed by atoms with Gasteiger partial charge in [0.05, 0.1) is 12.7 Å². The van der Waals surface area contributed by atoms with Gasteiger partial charge in [-0.15, -0.1) is 0 Å². The molecule has 0 saturated carbocycles. The molecule has 17 heavy (non-hydrogen) atoms. The Morgan fingerprint density at radius 3 is 2.59 bits per heavy atom. The second-order valence-corrected chi connectivity index (χ2v) is 3.33. The minimum Gasteiger partial charge on any atom is -0.494 e. The predicted molar refractivity (Wildman–Crippen MR) is 59.6 cm³/mol. The topological polar surface area (TPSA) is 83.2 Å². The first-order chi connectivity index (χ1) is 7.99. The predicted octanol–water partition coefficient (Wildman–Crippen LogP) is 1.87. The van der Waals surface area contributed by atoms with E-state index in [1.807, 2.05) is 0 Å². The number of hydrogen-bond acceptors (Lipinski definition) is 5. The molecule has 0 aliphatic heterocycles. The van der Waals surface area contributed by atoms with Crippen molar-refractivity contribution in [3.05, 3.63) is 35.1 Å². The molecular weight excluding hydrogens is 227 g/mol. The highest BCUT2D eigenvalue weighted by molar-refractivity contribution is 6.17. The maximum Gasteiger partial charge on any atom is 0.379 e. The van der Waals surface area contributed by atoms with Crippen molar-refractivity contribution in [1.82, 2.24) is 0 Å². The molecule has 0 aromatic rings. The van der Waals surface area contributed by atoms with Crippen molar-refractivity contribution in [2.45, 2.75) is 6.92 Å². The van der Waals surface area contributed by atoms with Gasteiger partial charge in [-0.3, -0.25) is 5.41 Å². The van der Waals surface area contributed by atoms with Crippen LogP contribution in [0.4, 0.5) is 4.53 Å². The molecule has 1 aliphatic carbocycles. The molecule has 0 amide bonds. The SMILES string of the molecule is COC1=CC(C(=O)OF)=C/C(=C/C(C)=N)C1=N. The van der Waals surface area contributed by atoms with Crippen molar-refractivity contribution in [1.29, 1.82) is 10.8 Å². The van der Waals surface area contributed by atoms with Gasteiger partial charge in [-0.2, -0.15) is 0 Å². The number of hydrogen-bond donors (Lipinski definition) is 2. The molecule has 0 radical (unpaired) electrons. The van der Waals surface area contributed by atoms with Crippen LogP contribution in [0.15, 0.2) is 35.1 Å². The number of allylic oxidation sites excluding steroid dienone is 3. The van der Waals surface area contributed by atoms with E-state index in [4.69, 9.17) is 15.6 Å². The standard InChI is InChI=1S/C11H11FN2O3/c1-6(13)3-7-4-8(11(15)17-12)5-9(16-2)10(7)14/h3-5,13-14H,1-2H3/b7-3-,13-6?,14-10?. The van der Waals surface area contributed by atoms with E-state index in [1.54, 1.807) is 0 Å². The molecule has 0 atom stereocenters. The summed E-state index contributed by atoms with van der Waals surface area (Å²) in [6.45, 7) is 1.52. The number of ether oxygens (including phenoxy) is 1. The van der Waals surface area contributed by atoms with Crippen molar-refractivity contribution in [3.8, 4) is 0 Å². The van der Waals surface area contributed by atoms with Gasteiger partial charge < -0.3 is 10.1 Å². The molecule has 0 unspecified atom stereocenters. The van der Waals surface area contributed by atoms with E-state index < -0.39 is 5.97 Å². The summed E-state index contributed by atoms with van der Waals surface area (Å²) in [4.78, 5) is 14.2. The molecule has 90 valence electrons. The summed E-state index contributed by atoms with van der Waals surface area (Å²) in [5, 5.41) is 15.0. The lowest BCUT2D eigenvalue weighted by Gasteiger charge is -2.14. The largest absolute Gasteiger partial charge is 0.494 e. The number of rotatable bonds is 3. The Kier molecular flexibility index (Phi) is 3.92. The van der Waals surface area contributed by atoms with Gasteiger partial charge in [-0.1, -0.05) is 0 Å². The molecule has 0 bridgehead atoms. The van der Waals surface area contributed by atoms with Crippen LogP contribution in [0.1, 0.15) is 6.92 Å². The third-order valence-corrected chi connectivity index (χ3v) is 2.03. The zero-order valence-corrected chi connectivity index (χ0v) is 9.33. The molecule has 1 rings (SSSR count). The van der Waals surface area contributed by atoms with Crippen LogP contribution in [-0.4, -0.2) is 24.5 Å². The number of halogens is 1. The van der Waals surface area contributed by atoms with Crippen molar-refractivity contribution in [2.24, 2.45) is 0 Å². The van der Waals surface area contributed by atoms with Gasteiger partial charge in [0.2, 0.25) is 0 Å². The van der Waals surface area contributed by atoms with Crippen LogP contribution in [0.5, 0.6) is 0 Å². The monoisotopic (exact) mass is 238 g/mol. The molecular formula is C11H11FN2O3. The number of carbonyl (C=O) groups excluding carboxylic acids is 1. The lowest BCUT2D eigenvalue weighted by Crippen LogP contribution is -2.15. The zero-order valence-electron chi connectivity index (χ0n) is 9.33. The van der Waals surface area contributed by atoms with Crippen LogP contribution in [0, 0.1) is 10.8 Å². The molecule has 0 heterocycles. The normalized spacial score (nSPS) is 17.4. The third-order valence-electron chi connectivity index (χ3n) is 2.03. The van der Waals surface area contributed by atoms with E-state index in [1.165, 1.54) is 32.3 Å². The molecule has 0 saturated heterocycles. The van der Waals surface area contributed by atoms with Crippen LogP contribution in [0.2, 0.25) is 0 Å². The zero-order chi connectivity index (χ0) is 13.0. The lowest BCUT2D eigenvalue weighted by atomic mass is 9.97. The summed E-state index contributed by atoms with van der Waals surface area (Å²) in [6, 6.07) is 0. The fourth-order valence-corrected chi connectivity index (χ4v) is 1.31. The van der Waals surface area contributed by atoms with E-state index in [9.17, 15) is 9.32 Å². The first-order valence-electron chi connectivity index (χ1n) is 4.66. The molecule has 1 aliphatic rings. The van der Waals surface area contributed by atoms with Gasteiger partial charge in [0.1, 0.15) is 11.5 Å². The molecule has 0 fully saturated rings. The molecule has 2 N–H and O–H groups in total. The molecule has 0 spiro atoms. The first-order valence-corrected chi connectivity index (χ1v) is 4.66. The second kappa shape index (κ2) is 5.20. The Balaban J connectivity index is 3.23. The summed E-state index contributed by atoms with van der Waals surface area (Å²) in [7, 11) is 1.33. The quantitative estimate of drug-likeness (QED) is 0.736. The van der Waals surface area contributed by atoms with Gasteiger partial charge in [-0.25, -0.2) is 9.74 Å². The van der Waals surface area contributed by atoms with Crippen LogP contribution < -0.4 is 0 Å². The Bertz CT molecular complexity index is 475. The molecule has 0 aromatic heterocycles. The van der Waals surface area contributed by atoms with Crippen LogP contribution in [0.25, 0.3) is 0 Å². The number of methoxy groups -OCH3 is 1. The van der Waals surface area contributed by atoms with Crippen molar-refractivity contribution in [3.63, 3.8) is 0 Å². The molecule has 0 aromatic carbocycles. The maximum atomic E-state index is 11.8. The van der Waals surface area contributed by atoms with Crippen LogP contribution in [0.3, 0.4) is 0 Å². The van der Waals surface area contributed by atoms with Crippen LogP contribution in [-0.2, 0) is 14.5 Å². The van der Waals surface area contributed by atoms with E-state index in [2.05, 4.69) is 4.94 Å². The second-order valence-electron chi connectivity index (χ2n) is 3.33. The van der Waals surface area contributed by atoms with Crippen molar-refractivity contribution in [2.75, 3.05) is 7.11 Å². The third kappa shape index (κ3) is 2.87. The summed E-state index contributed by atoms with van der Waals surface area (Å²) < 4.78 is 16.7. The fraction of sp³-hybridized carbons (Fsp3) is 0.182. The highest BCUT2D eigenvalue weighted by Gasteiger charge is 2.21. The summed E-state index contributed by atoms with van der Waals surface area (Å²) in [5.41, 5.74) is 0.436. The fourth-order valence-electron chi connectivity index (χ4n) is 1.31. The lowest BCUT2D eigenvalue weighted by molar-refractivity contribution is -0.177. The number of carbonyl (C=O) groups is 1. The van der Waals surface area contributed by atoms with E-state index in [0.29, 0.717) is 0 Å². The van der Waals surface area contributed by atoms with Gasteiger partial charge in [-0.05, 0) is 25.2 Å². The summed E-state index contributed by atoms with van der Waals surface area (Å²) >= 11 is 0. The van der Waals surface area contributed by atoms with E-state index in [0.717, 1.165) is 0 Å². The number of nitrogens with one attached hydrogen (secondary N) is 2. The smallest absolute Gasteiger partial charge is 0.379 e. The van der Waals surface area contributed by atoms with Gasteiger partial charge >= 0.3 is 5.97 Å². The highest BCUT2D eigenvalue weighted by atomic mass is 19.3. The highest BCUT2D eigenvalue weighted by Crippen LogP contribution is 2.21. The molecule has 6 heteroatoms. The summed E-state index contributed by atoms with van der Waals surface area (Å²) in [6.07, 6.45) is 3.85. The minimum absolute atomic E-state index is 0.0227. The Morgan fingerprint density at radius 1 is 1.47 bits per heavy atom.